The molecule has 2 aromatic carbocycles. The number of rotatable bonds is 5. The van der Waals surface area contributed by atoms with Gasteiger partial charge in [-0.2, -0.15) is 4.31 Å². The molecule has 0 atom stereocenters. The molecule has 1 saturated heterocycles. The highest BCUT2D eigenvalue weighted by Gasteiger charge is 2.32. The van der Waals surface area contributed by atoms with Crippen LogP contribution in [0.15, 0.2) is 47.4 Å². The summed E-state index contributed by atoms with van der Waals surface area (Å²) >= 11 is 0. The predicted octanol–water partition coefficient (Wildman–Crippen LogP) is 3.56. The number of carbonyl (C=O) groups excluding carboxylic acids is 2. The van der Waals surface area contributed by atoms with Crippen molar-refractivity contribution in [1.82, 2.24) is 4.31 Å². The topological polar surface area (TPSA) is 95.6 Å². The lowest BCUT2D eigenvalue weighted by Gasteiger charge is -2.31. The van der Waals surface area contributed by atoms with Crippen LogP contribution >= 0.6 is 0 Å². The van der Waals surface area contributed by atoms with Crippen molar-refractivity contribution in [3.8, 4) is 0 Å². The molecule has 1 heterocycles. The van der Waals surface area contributed by atoms with Gasteiger partial charge in [-0.1, -0.05) is 6.07 Å². The summed E-state index contributed by atoms with van der Waals surface area (Å²) in [6, 6.07) is 12.4. The smallest absolute Gasteiger partial charge is 0.243 e. The molecule has 0 unspecified atom stereocenters. The standard InChI is InChI=1S/C24H29N3O4S/c1-17(28)25-21-7-9-22(10-8-21)26-24(29)19-12-14-27(15-13-19)32(30,31)23-11-6-18-4-2-3-5-20(18)16-23/h6-11,16,19H,2-5,12-15H2,1H3,(H,25,28)(H,26,29). The zero-order valence-electron chi connectivity index (χ0n) is 18.3. The number of nitrogens with one attached hydrogen (secondary N) is 2. The zero-order chi connectivity index (χ0) is 22.7. The average molecular weight is 456 g/mol. The molecule has 8 heteroatoms. The number of aryl methyl sites for hydroxylation is 2. The maximum Gasteiger partial charge on any atom is 0.243 e. The van der Waals surface area contributed by atoms with Gasteiger partial charge in [-0.25, -0.2) is 8.42 Å². The van der Waals surface area contributed by atoms with Gasteiger partial charge in [0.05, 0.1) is 4.90 Å². The van der Waals surface area contributed by atoms with E-state index in [-0.39, 0.29) is 17.7 Å². The van der Waals surface area contributed by atoms with E-state index >= 15 is 0 Å². The number of amides is 2. The second-order valence-electron chi connectivity index (χ2n) is 8.56. The maximum absolute atomic E-state index is 13.1. The van der Waals surface area contributed by atoms with E-state index in [0.717, 1.165) is 31.2 Å². The van der Waals surface area contributed by atoms with Crippen molar-refractivity contribution in [2.75, 3.05) is 23.7 Å². The van der Waals surface area contributed by atoms with Crippen LogP contribution in [0.25, 0.3) is 0 Å². The molecule has 2 amide bonds. The summed E-state index contributed by atoms with van der Waals surface area (Å²) in [5, 5.41) is 5.58. The Balaban J connectivity index is 1.35. The lowest BCUT2D eigenvalue weighted by Crippen LogP contribution is -2.41. The van der Waals surface area contributed by atoms with Crippen LogP contribution < -0.4 is 10.6 Å². The van der Waals surface area contributed by atoms with E-state index in [0.29, 0.717) is 42.2 Å². The molecular weight excluding hydrogens is 426 g/mol. The Morgan fingerprint density at radius 3 is 2.09 bits per heavy atom. The molecule has 2 N–H and O–H groups in total. The summed E-state index contributed by atoms with van der Waals surface area (Å²) in [6.45, 7) is 2.10. The number of fused-ring (bicyclic) bond motifs is 1. The monoisotopic (exact) mass is 455 g/mol. The molecule has 0 radical (unpaired) electrons. The quantitative estimate of drug-likeness (QED) is 0.721. The molecule has 0 bridgehead atoms. The number of piperidine rings is 1. The van der Waals surface area contributed by atoms with Crippen molar-refractivity contribution in [3.05, 3.63) is 53.6 Å². The molecular formula is C24H29N3O4S. The van der Waals surface area contributed by atoms with Crippen LogP contribution in [0.1, 0.15) is 43.7 Å². The fraction of sp³-hybridized carbons (Fsp3) is 0.417. The number of sulfonamides is 1. The van der Waals surface area contributed by atoms with E-state index in [4.69, 9.17) is 0 Å². The number of hydrogen-bond acceptors (Lipinski definition) is 4. The van der Waals surface area contributed by atoms with Crippen molar-refractivity contribution in [2.24, 2.45) is 5.92 Å². The van der Waals surface area contributed by atoms with E-state index in [1.165, 1.54) is 16.8 Å². The molecule has 1 aliphatic carbocycles. The second kappa shape index (κ2) is 9.42. The fourth-order valence-corrected chi connectivity index (χ4v) is 5.98. The zero-order valence-corrected chi connectivity index (χ0v) is 19.1. The average Bonchev–Trinajstić information content (AvgIpc) is 2.79. The molecule has 0 spiro atoms. The first kappa shape index (κ1) is 22.5. The third kappa shape index (κ3) is 5.02. The van der Waals surface area contributed by atoms with Gasteiger partial charge in [-0.3, -0.25) is 9.59 Å². The van der Waals surface area contributed by atoms with Crippen LogP contribution in [0.4, 0.5) is 11.4 Å². The molecule has 0 saturated carbocycles. The third-order valence-electron chi connectivity index (χ3n) is 6.26. The van der Waals surface area contributed by atoms with Crippen molar-refractivity contribution < 1.29 is 18.0 Å². The largest absolute Gasteiger partial charge is 0.326 e. The predicted molar refractivity (Wildman–Crippen MR) is 124 cm³/mol. The van der Waals surface area contributed by atoms with Crippen LogP contribution in [-0.2, 0) is 32.5 Å². The van der Waals surface area contributed by atoms with Crippen molar-refractivity contribution >= 4 is 33.2 Å². The molecule has 2 aliphatic rings. The number of nitrogens with zero attached hydrogens (tertiary/aromatic N) is 1. The van der Waals surface area contributed by atoms with Crippen LogP contribution in [0, 0.1) is 5.92 Å². The summed E-state index contributed by atoms with van der Waals surface area (Å²) in [5.74, 6) is -0.498. The van der Waals surface area contributed by atoms with Crippen LogP contribution in [-0.4, -0.2) is 37.6 Å². The van der Waals surface area contributed by atoms with Crippen molar-refractivity contribution in [1.29, 1.82) is 0 Å². The van der Waals surface area contributed by atoms with Gasteiger partial charge in [0.25, 0.3) is 0 Å². The lowest BCUT2D eigenvalue weighted by molar-refractivity contribution is -0.121. The summed E-state index contributed by atoms with van der Waals surface area (Å²) in [4.78, 5) is 24.1. The highest BCUT2D eigenvalue weighted by molar-refractivity contribution is 7.89. The van der Waals surface area contributed by atoms with Gasteiger partial charge in [-0.15, -0.1) is 0 Å². The lowest BCUT2D eigenvalue weighted by atomic mass is 9.92. The van der Waals surface area contributed by atoms with Gasteiger partial charge < -0.3 is 10.6 Å². The molecule has 170 valence electrons. The van der Waals surface area contributed by atoms with Gasteiger partial charge >= 0.3 is 0 Å². The summed E-state index contributed by atoms with van der Waals surface area (Å²) < 4.78 is 27.8. The van der Waals surface area contributed by atoms with Crippen LogP contribution in [0.3, 0.4) is 0 Å². The number of carbonyl (C=O) groups is 2. The summed E-state index contributed by atoms with van der Waals surface area (Å²) in [5.41, 5.74) is 3.72. The minimum absolute atomic E-state index is 0.108. The Kier molecular flexibility index (Phi) is 6.62. The molecule has 1 aliphatic heterocycles. The molecule has 7 nitrogen and oxygen atoms in total. The number of hydrogen-bond donors (Lipinski definition) is 2. The van der Waals surface area contributed by atoms with Crippen molar-refractivity contribution in [2.45, 2.75) is 50.3 Å². The highest BCUT2D eigenvalue weighted by atomic mass is 32.2. The van der Waals surface area contributed by atoms with E-state index in [2.05, 4.69) is 10.6 Å². The summed E-state index contributed by atoms with van der Waals surface area (Å²) in [6.07, 6.45) is 5.19. The highest BCUT2D eigenvalue weighted by Crippen LogP contribution is 2.28. The normalized spacial score (nSPS) is 17.4. The Morgan fingerprint density at radius 1 is 0.875 bits per heavy atom. The van der Waals surface area contributed by atoms with Gasteiger partial charge in [0.15, 0.2) is 0 Å². The van der Waals surface area contributed by atoms with E-state index in [1.54, 1.807) is 30.3 Å². The minimum atomic E-state index is -3.55. The van der Waals surface area contributed by atoms with E-state index < -0.39 is 10.0 Å². The molecule has 4 rings (SSSR count). The SMILES string of the molecule is CC(=O)Nc1ccc(NC(=O)C2CCN(S(=O)(=O)c3ccc4c(c3)CCCC4)CC2)cc1. The molecule has 1 fully saturated rings. The molecule has 2 aromatic rings. The van der Waals surface area contributed by atoms with Gasteiger partial charge in [0, 0.05) is 37.3 Å². The maximum atomic E-state index is 13.1. The first-order valence-corrected chi connectivity index (χ1v) is 12.6. The van der Waals surface area contributed by atoms with Crippen molar-refractivity contribution in [3.63, 3.8) is 0 Å². The second-order valence-corrected chi connectivity index (χ2v) is 10.5. The van der Waals surface area contributed by atoms with Gasteiger partial charge in [-0.05, 0) is 86.1 Å². The number of anilines is 2. The van der Waals surface area contributed by atoms with E-state index in [1.807, 2.05) is 12.1 Å². The van der Waals surface area contributed by atoms with Crippen LogP contribution in [0.2, 0.25) is 0 Å². The first-order valence-electron chi connectivity index (χ1n) is 11.1. The Hall–Kier alpha value is -2.71. The fourth-order valence-electron chi connectivity index (χ4n) is 4.46. The van der Waals surface area contributed by atoms with Gasteiger partial charge in [0.2, 0.25) is 21.8 Å². The van der Waals surface area contributed by atoms with E-state index in [9.17, 15) is 18.0 Å². The van der Waals surface area contributed by atoms with Gasteiger partial charge in [0.1, 0.15) is 0 Å². The summed E-state index contributed by atoms with van der Waals surface area (Å²) in [7, 11) is -3.55. The Bertz CT molecular complexity index is 1100. The molecule has 0 aromatic heterocycles. The first-order chi connectivity index (χ1) is 15.3. The number of benzene rings is 2. The van der Waals surface area contributed by atoms with Crippen LogP contribution in [0.5, 0.6) is 0 Å². The minimum Gasteiger partial charge on any atom is -0.326 e. The Morgan fingerprint density at radius 2 is 1.47 bits per heavy atom. The Labute approximate surface area is 189 Å². The third-order valence-corrected chi connectivity index (χ3v) is 8.15. The molecule has 32 heavy (non-hydrogen) atoms.